The van der Waals surface area contributed by atoms with Gasteiger partial charge in [0.25, 0.3) is 0 Å². The molecule has 4 aliphatic rings. The van der Waals surface area contributed by atoms with E-state index in [4.69, 9.17) is 4.74 Å². The molecule has 1 amide bonds. The van der Waals surface area contributed by atoms with Gasteiger partial charge >= 0.3 is 0 Å². The van der Waals surface area contributed by atoms with Gasteiger partial charge in [-0.25, -0.2) is 4.39 Å². The van der Waals surface area contributed by atoms with Crippen LogP contribution in [0, 0.1) is 29.5 Å². The van der Waals surface area contributed by atoms with Gasteiger partial charge < -0.3 is 9.64 Å². The van der Waals surface area contributed by atoms with Crippen LogP contribution < -0.4 is 4.74 Å². The van der Waals surface area contributed by atoms with Gasteiger partial charge in [0.15, 0.2) is 0 Å². The molecule has 0 N–H and O–H groups in total. The smallest absolute Gasteiger partial charge is 0.227 e. The Morgan fingerprint density at radius 1 is 1.22 bits per heavy atom. The lowest BCUT2D eigenvalue weighted by molar-refractivity contribution is -0.138. The van der Waals surface area contributed by atoms with Gasteiger partial charge in [0.2, 0.25) is 5.91 Å². The molecule has 0 aromatic heterocycles. The van der Waals surface area contributed by atoms with Crippen molar-refractivity contribution in [3.05, 3.63) is 29.6 Å². The van der Waals surface area contributed by atoms with Crippen molar-refractivity contribution in [2.45, 2.75) is 38.6 Å². The molecule has 5 rings (SSSR count). The van der Waals surface area contributed by atoms with Gasteiger partial charge in [-0.3, -0.25) is 9.69 Å². The summed E-state index contributed by atoms with van der Waals surface area (Å²) in [6.45, 7) is 6.40. The molecule has 27 heavy (non-hydrogen) atoms. The summed E-state index contributed by atoms with van der Waals surface area (Å²) >= 11 is 0. The van der Waals surface area contributed by atoms with Gasteiger partial charge in [-0.05, 0) is 55.7 Å². The zero-order valence-corrected chi connectivity index (χ0v) is 16.1. The molecule has 0 spiro atoms. The van der Waals surface area contributed by atoms with Gasteiger partial charge in [0, 0.05) is 43.7 Å². The number of benzene rings is 1. The number of ether oxygens (including phenoxy) is 1. The van der Waals surface area contributed by atoms with Crippen LogP contribution in [0.5, 0.6) is 5.75 Å². The summed E-state index contributed by atoms with van der Waals surface area (Å²) in [5.41, 5.74) is 0.939. The van der Waals surface area contributed by atoms with E-state index in [1.54, 1.807) is 12.1 Å². The minimum atomic E-state index is -0.218. The molecule has 4 nitrogen and oxygen atoms in total. The largest absolute Gasteiger partial charge is 0.493 e. The maximum atomic E-state index is 14.0. The Morgan fingerprint density at radius 2 is 2.00 bits per heavy atom. The van der Waals surface area contributed by atoms with Crippen molar-refractivity contribution in [3.8, 4) is 5.75 Å². The average molecular weight is 372 g/mol. The van der Waals surface area contributed by atoms with E-state index >= 15 is 0 Å². The molecule has 3 fully saturated rings. The number of hydrogen-bond acceptors (Lipinski definition) is 3. The summed E-state index contributed by atoms with van der Waals surface area (Å²) in [5, 5.41) is 0. The number of nitrogens with zero attached hydrogens (tertiary/aromatic N) is 2. The van der Waals surface area contributed by atoms with Crippen molar-refractivity contribution in [2.75, 3.05) is 32.8 Å². The molecular formula is C22H29FN2O2. The first-order chi connectivity index (χ1) is 13.1. The molecule has 5 heteroatoms. The van der Waals surface area contributed by atoms with Crippen LogP contribution in [0.4, 0.5) is 4.39 Å². The quantitative estimate of drug-likeness (QED) is 0.814. The summed E-state index contributed by atoms with van der Waals surface area (Å²) in [5.74, 6) is 2.42. The number of carbonyl (C=O) groups excluding carboxylic acids is 1. The third kappa shape index (κ3) is 3.24. The molecule has 1 saturated carbocycles. The molecular weight excluding hydrogens is 343 g/mol. The lowest BCUT2D eigenvalue weighted by Crippen LogP contribution is -2.44. The zero-order valence-electron chi connectivity index (χ0n) is 16.1. The Labute approximate surface area is 160 Å². The highest BCUT2D eigenvalue weighted by molar-refractivity contribution is 5.80. The van der Waals surface area contributed by atoms with E-state index in [1.165, 1.54) is 18.9 Å². The first-order valence-electron chi connectivity index (χ1n) is 10.5. The van der Waals surface area contributed by atoms with Crippen LogP contribution in [-0.2, 0) is 4.79 Å². The number of halogens is 1. The van der Waals surface area contributed by atoms with Crippen molar-refractivity contribution in [1.82, 2.24) is 9.80 Å². The second kappa shape index (κ2) is 6.77. The molecule has 0 unspecified atom stereocenters. The van der Waals surface area contributed by atoms with Gasteiger partial charge in [-0.1, -0.05) is 6.92 Å². The standard InChI is InChI=1S/C22H29FN2O2/c1-14-6-8-24(9-7-14)22(26)18-12-25(11-15-2-3-15)21-17-10-16(23)4-5-20(17)27-13-19(18)21/h4-5,10,14-15,18-19,21H,2-3,6-9,11-13H2,1H3/t18-,19+,21+/m1/s1. The molecule has 146 valence electrons. The van der Waals surface area contributed by atoms with Crippen molar-refractivity contribution >= 4 is 5.91 Å². The molecule has 1 aromatic carbocycles. The fraction of sp³-hybridized carbons (Fsp3) is 0.682. The van der Waals surface area contributed by atoms with E-state index in [0.717, 1.165) is 56.3 Å². The number of carbonyl (C=O) groups is 1. The molecule has 3 atom stereocenters. The van der Waals surface area contributed by atoms with Crippen LogP contribution in [0.1, 0.15) is 44.2 Å². The van der Waals surface area contributed by atoms with Gasteiger partial charge in [0.1, 0.15) is 11.6 Å². The number of likely N-dealkylation sites (tertiary alicyclic amines) is 2. The predicted molar refractivity (Wildman–Crippen MR) is 101 cm³/mol. The highest BCUT2D eigenvalue weighted by atomic mass is 19.1. The topological polar surface area (TPSA) is 32.8 Å². The Hall–Kier alpha value is -1.62. The van der Waals surface area contributed by atoms with Crippen LogP contribution in [-0.4, -0.2) is 48.5 Å². The molecule has 3 aliphatic heterocycles. The molecule has 1 aliphatic carbocycles. The number of hydrogen-bond donors (Lipinski definition) is 0. The number of rotatable bonds is 3. The fourth-order valence-corrected chi connectivity index (χ4v) is 5.24. The normalized spacial score (nSPS) is 31.3. The monoisotopic (exact) mass is 372 g/mol. The Bertz CT molecular complexity index is 727. The van der Waals surface area contributed by atoms with E-state index in [1.807, 2.05) is 0 Å². The van der Waals surface area contributed by atoms with E-state index < -0.39 is 0 Å². The van der Waals surface area contributed by atoms with Crippen LogP contribution in [0.25, 0.3) is 0 Å². The van der Waals surface area contributed by atoms with Crippen molar-refractivity contribution in [1.29, 1.82) is 0 Å². The highest BCUT2D eigenvalue weighted by Gasteiger charge is 2.50. The summed E-state index contributed by atoms with van der Waals surface area (Å²) in [4.78, 5) is 17.9. The maximum Gasteiger partial charge on any atom is 0.227 e. The van der Waals surface area contributed by atoms with E-state index in [9.17, 15) is 9.18 Å². The van der Waals surface area contributed by atoms with Crippen LogP contribution in [0.2, 0.25) is 0 Å². The van der Waals surface area contributed by atoms with Crippen LogP contribution in [0.15, 0.2) is 18.2 Å². The summed E-state index contributed by atoms with van der Waals surface area (Å²) < 4.78 is 20.0. The summed E-state index contributed by atoms with van der Waals surface area (Å²) in [7, 11) is 0. The molecule has 1 aromatic rings. The third-order valence-corrected chi connectivity index (χ3v) is 7.07. The second-order valence-electron chi connectivity index (χ2n) is 9.11. The van der Waals surface area contributed by atoms with Crippen molar-refractivity contribution < 1.29 is 13.9 Å². The van der Waals surface area contributed by atoms with Gasteiger partial charge in [0.05, 0.1) is 12.5 Å². The van der Waals surface area contributed by atoms with Gasteiger partial charge in [-0.15, -0.1) is 0 Å². The number of fused-ring (bicyclic) bond motifs is 3. The third-order valence-electron chi connectivity index (χ3n) is 7.07. The number of amides is 1. The maximum absolute atomic E-state index is 14.0. The fourth-order valence-electron chi connectivity index (χ4n) is 5.24. The summed E-state index contributed by atoms with van der Waals surface area (Å²) in [6.07, 6.45) is 4.76. The van der Waals surface area contributed by atoms with Gasteiger partial charge in [-0.2, -0.15) is 0 Å². The SMILES string of the molecule is CC1CCN(C(=O)[C@@H]2CN(CC3CC3)[C@H]3c4cc(F)ccc4OC[C@@H]23)CC1. The van der Waals surface area contributed by atoms with Crippen molar-refractivity contribution in [2.24, 2.45) is 23.7 Å². The minimum absolute atomic E-state index is 0.0291. The van der Waals surface area contributed by atoms with Crippen molar-refractivity contribution in [3.63, 3.8) is 0 Å². The lowest BCUT2D eigenvalue weighted by atomic mass is 9.84. The van der Waals surface area contributed by atoms with E-state index in [-0.39, 0.29) is 23.7 Å². The second-order valence-corrected chi connectivity index (χ2v) is 9.11. The molecule has 0 radical (unpaired) electrons. The summed E-state index contributed by atoms with van der Waals surface area (Å²) in [6, 6.07) is 4.96. The van der Waals surface area contributed by atoms with E-state index in [2.05, 4.69) is 16.7 Å². The Balaban J connectivity index is 1.42. The predicted octanol–water partition coefficient (Wildman–Crippen LogP) is 3.48. The zero-order chi connectivity index (χ0) is 18.5. The molecule has 3 heterocycles. The first-order valence-corrected chi connectivity index (χ1v) is 10.5. The molecule has 0 bridgehead atoms. The van der Waals surface area contributed by atoms with Crippen LogP contribution >= 0.6 is 0 Å². The lowest BCUT2D eigenvalue weighted by Gasteiger charge is -2.36. The highest BCUT2D eigenvalue weighted by Crippen LogP contribution is 2.49. The van der Waals surface area contributed by atoms with Crippen LogP contribution in [0.3, 0.4) is 0 Å². The minimum Gasteiger partial charge on any atom is -0.493 e. The average Bonchev–Trinajstić information content (AvgIpc) is 3.41. The Kier molecular flexibility index (Phi) is 4.38. The van der Waals surface area contributed by atoms with E-state index in [0.29, 0.717) is 18.4 Å². The Morgan fingerprint density at radius 3 is 2.74 bits per heavy atom. The molecule has 2 saturated heterocycles. The first kappa shape index (κ1) is 17.5. The number of piperidine rings is 1.